The molecule has 0 aliphatic heterocycles. The second-order valence-corrected chi connectivity index (χ2v) is 5.07. The maximum Gasteiger partial charge on any atom is 0.336 e. The molecule has 0 aromatic rings. The summed E-state index contributed by atoms with van der Waals surface area (Å²) < 4.78 is 0. The first-order valence-electron chi connectivity index (χ1n) is 5.50. The van der Waals surface area contributed by atoms with Crippen LogP contribution in [0.3, 0.4) is 0 Å². The van der Waals surface area contributed by atoms with E-state index in [1.165, 1.54) is 6.92 Å². The summed E-state index contributed by atoms with van der Waals surface area (Å²) in [6, 6.07) is 0.167. The minimum Gasteiger partial charge on any atom is -0.479 e. The van der Waals surface area contributed by atoms with Crippen LogP contribution in [0.2, 0.25) is 0 Å². The van der Waals surface area contributed by atoms with E-state index in [4.69, 9.17) is 5.11 Å². The van der Waals surface area contributed by atoms with Crippen molar-refractivity contribution in [2.75, 3.05) is 27.2 Å². The van der Waals surface area contributed by atoms with Crippen molar-refractivity contribution in [3.05, 3.63) is 0 Å². The fourth-order valence-electron chi connectivity index (χ4n) is 1.31. The van der Waals surface area contributed by atoms with Crippen LogP contribution in [0.4, 0.5) is 0 Å². The van der Waals surface area contributed by atoms with E-state index in [0.717, 1.165) is 6.54 Å². The van der Waals surface area contributed by atoms with Crippen molar-refractivity contribution >= 4 is 5.97 Å². The van der Waals surface area contributed by atoms with Crippen molar-refractivity contribution in [1.82, 2.24) is 10.2 Å². The minimum atomic E-state index is -1.71. The third-order valence-electron chi connectivity index (χ3n) is 2.54. The van der Waals surface area contributed by atoms with E-state index in [0.29, 0.717) is 5.92 Å². The van der Waals surface area contributed by atoms with Gasteiger partial charge in [-0.05, 0) is 26.9 Å². The van der Waals surface area contributed by atoms with Gasteiger partial charge in [-0.3, -0.25) is 0 Å². The van der Waals surface area contributed by atoms with Gasteiger partial charge in [0.05, 0.1) is 0 Å². The number of carboxylic acid groups (broad SMARTS) is 1. The molecule has 2 atom stereocenters. The van der Waals surface area contributed by atoms with Crippen molar-refractivity contribution in [2.24, 2.45) is 5.92 Å². The second kappa shape index (κ2) is 6.18. The Hall–Kier alpha value is -0.650. The summed E-state index contributed by atoms with van der Waals surface area (Å²) in [5, 5.41) is 21.5. The highest BCUT2D eigenvalue weighted by molar-refractivity contribution is 5.76. The maximum atomic E-state index is 10.7. The van der Waals surface area contributed by atoms with Crippen LogP contribution < -0.4 is 5.32 Å². The number of hydrogen-bond donors (Lipinski definition) is 3. The zero-order valence-electron chi connectivity index (χ0n) is 10.8. The summed E-state index contributed by atoms with van der Waals surface area (Å²) in [7, 11) is 3.93. The molecular formula is C11H24N2O3. The van der Waals surface area contributed by atoms with E-state index in [1.54, 1.807) is 0 Å². The van der Waals surface area contributed by atoms with E-state index in [9.17, 15) is 9.90 Å². The first-order chi connectivity index (χ1) is 7.16. The van der Waals surface area contributed by atoms with Crippen LogP contribution in [0, 0.1) is 5.92 Å². The Kier molecular flexibility index (Phi) is 5.92. The lowest BCUT2D eigenvalue weighted by Crippen LogP contribution is -2.51. The predicted octanol–water partition coefficient (Wildman–Crippen LogP) is -0.00220. The summed E-state index contributed by atoms with van der Waals surface area (Å²) in [5.74, 6) is -0.820. The molecule has 0 saturated carbocycles. The zero-order chi connectivity index (χ0) is 12.9. The Bertz CT molecular complexity index is 227. The number of hydrogen-bond acceptors (Lipinski definition) is 4. The number of aliphatic hydroxyl groups is 1. The van der Waals surface area contributed by atoms with Crippen molar-refractivity contribution in [3.8, 4) is 0 Å². The average molecular weight is 232 g/mol. The highest BCUT2D eigenvalue weighted by Crippen LogP contribution is 2.06. The topological polar surface area (TPSA) is 72.8 Å². The molecule has 0 rings (SSSR count). The lowest BCUT2D eigenvalue weighted by atomic mass is 10.0. The molecule has 96 valence electrons. The summed E-state index contributed by atoms with van der Waals surface area (Å²) >= 11 is 0. The van der Waals surface area contributed by atoms with Gasteiger partial charge in [0.15, 0.2) is 5.60 Å². The van der Waals surface area contributed by atoms with Gasteiger partial charge in [-0.2, -0.15) is 0 Å². The van der Waals surface area contributed by atoms with Crippen LogP contribution in [-0.4, -0.2) is 59.9 Å². The molecule has 0 aromatic carbocycles. The van der Waals surface area contributed by atoms with Crippen molar-refractivity contribution < 1.29 is 15.0 Å². The van der Waals surface area contributed by atoms with Crippen molar-refractivity contribution in [1.29, 1.82) is 0 Å². The normalized spacial score (nSPS) is 17.5. The molecule has 2 unspecified atom stereocenters. The molecule has 0 fully saturated rings. The van der Waals surface area contributed by atoms with Gasteiger partial charge in [0, 0.05) is 19.1 Å². The van der Waals surface area contributed by atoms with Crippen LogP contribution in [0.1, 0.15) is 20.8 Å². The van der Waals surface area contributed by atoms with Crippen LogP contribution >= 0.6 is 0 Å². The summed E-state index contributed by atoms with van der Waals surface area (Å²) in [6.07, 6.45) is 0. The van der Waals surface area contributed by atoms with Crippen molar-refractivity contribution in [3.63, 3.8) is 0 Å². The number of rotatable bonds is 7. The molecule has 0 spiro atoms. The molecule has 16 heavy (non-hydrogen) atoms. The molecule has 0 saturated heterocycles. The Balaban J connectivity index is 4.27. The number of nitrogens with one attached hydrogen (secondary N) is 1. The van der Waals surface area contributed by atoms with Crippen LogP contribution in [-0.2, 0) is 4.79 Å². The lowest BCUT2D eigenvalue weighted by Gasteiger charge is -2.28. The fraction of sp³-hybridized carbons (Fsp3) is 0.909. The number of carboxylic acids is 1. The molecule has 3 N–H and O–H groups in total. The first kappa shape index (κ1) is 15.3. The van der Waals surface area contributed by atoms with Gasteiger partial charge >= 0.3 is 5.97 Å². The first-order valence-corrected chi connectivity index (χ1v) is 5.50. The van der Waals surface area contributed by atoms with Gasteiger partial charge in [0.1, 0.15) is 0 Å². The van der Waals surface area contributed by atoms with Crippen LogP contribution in [0.15, 0.2) is 0 Å². The van der Waals surface area contributed by atoms with E-state index in [-0.39, 0.29) is 12.6 Å². The van der Waals surface area contributed by atoms with Crippen LogP contribution in [0.5, 0.6) is 0 Å². The van der Waals surface area contributed by atoms with Gasteiger partial charge in [0.25, 0.3) is 0 Å². The summed E-state index contributed by atoms with van der Waals surface area (Å²) in [4.78, 5) is 12.8. The standard InChI is InChI=1S/C11H24N2O3/c1-8(2)9(6-13(4)5)12-7-11(3,16)10(14)15/h8-9,12,16H,6-7H2,1-5H3,(H,14,15). The maximum absolute atomic E-state index is 10.7. The lowest BCUT2D eigenvalue weighted by molar-refractivity contribution is -0.156. The van der Waals surface area contributed by atoms with Crippen LogP contribution in [0.25, 0.3) is 0 Å². The Morgan fingerprint density at radius 1 is 1.44 bits per heavy atom. The minimum absolute atomic E-state index is 0.0546. The number of nitrogens with zero attached hydrogens (tertiary/aromatic N) is 1. The Labute approximate surface area is 97.4 Å². The quantitative estimate of drug-likeness (QED) is 0.576. The predicted molar refractivity (Wildman–Crippen MR) is 63.4 cm³/mol. The van der Waals surface area contributed by atoms with Gasteiger partial charge in [0.2, 0.25) is 0 Å². The van der Waals surface area contributed by atoms with E-state index >= 15 is 0 Å². The second-order valence-electron chi connectivity index (χ2n) is 5.07. The zero-order valence-corrected chi connectivity index (χ0v) is 10.8. The average Bonchev–Trinajstić information content (AvgIpc) is 2.10. The number of aliphatic carboxylic acids is 1. The van der Waals surface area contributed by atoms with E-state index in [2.05, 4.69) is 19.2 Å². The molecule has 0 aliphatic rings. The number of likely N-dealkylation sites (N-methyl/N-ethyl adjacent to an activating group) is 1. The molecule has 5 nitrogen and oxygen atoms in total. The highest BCUT2D eigenvalue weighted by atomic mass is 16.4. The molecule has 0 aromatic heterocycles. The fourth-order valence-corrected chi connectivity index (χ4v) is 1.31. The van der Waals surface area contributed by atoms with Gasteiger partial charge in [-0.15, -0.1) is 0 Å². The number of carbonyl (C=O) groups is 1. The Morgan fingerprint density at radius 3 is 2.25 bits per heavy atom. The third-order valence-corrected chi connectivity index (χ3v) is 2.54. The summed E-state index contributed by atoms with van der Waals surface area (Å²) in [5.41, 5.74) is -1.71. The molecule has 0 radical (unpaired) electrons. The van der Waals surface area contributed by atoms with Crippen molar-refractivity contribution in [2.45, 2.75) is 32.4 Å². The Morgan fingerprint density at radius 2 is 1.94 bits per heavy atom. The molecule has 0 amide bonds. The molecule has 5 heteroatoms. The molecule has 0 aliphatic carbocycles. The largest absolute Gasteiger partial charge is 0.479 e. The van der Waals surface area contributed by atoms with Gasteiger partial charge in [-0.1, -0.05) is 13.8 Å². The molecular weight excluding hydrogens is 208 g/mol. The van der Waals surface area contributed by atoms with E-state index < -0.39 is 11.6 Å². The molecule has 0 bridgehead atoms. The highest BCUT2D eigenvalue weighted by Gasteiger charge is 2.30. The third kappa shape index (κ3) is 5.44. The SMILES string of the molecule is CC(C)C(CN(C)C)NCC(C)(O)C(=O)O. The molecule has 0 heterocycles. The monoisotopic (exact) mass is 232 g/mol. The van der Waals surface area contributed by atoms with Gasteiger partial charge < -0.3 is 20.4 Å². The smallest absolute Gasteiger partial charge is 0.336 e. The summed E-state index contributed by atoms with van der Waals surface area (Å²) in [6.45, 7) is 6.30. The van der Waals surface area contributed by atoms with Gasteiger partial charge in [-0.25, -0.2) is 4.79 Å². The van der Waals surface area contributed by atoms with E-state index in [1.807, 2.05) is 19.0 Å².